The van der Waals surface area contributed by atoms with Gasteiger partial charge < -0.3 is 9.80 Å². The van der Waals surface area contributed by atoms with Crippen molar-refractivity contribution < 1.29 is 9.59 Å². The van der Waals surface area contributed by atoms with Gasteiger partial charge in [0.05, 0.1) is 27.9 Å². The summed E-state index contributed by atoms with van der Waals surface area (Å²) in [7, 11) is 0. The second kappa shape index (κ2) is 6.13. The highest BCUT2D eigenvalue weighted by Crippen LogP contribution is 2.36. The Balaban J connectivity index is 1.53. The molecule has 0 aliphatic carbocycles. The summed E-state index contributed by atoms with van der Waals surface area (Å²) in [6.45, 7) is 0.960. The van der Waals surface area contributed by atoms with Gasteiger partial charge in [-0.05, 0) is 25.0 Å². The predicted molar refractivity (Wildman–Crippen MR) is 92.3 cm³/mol. The lowest BCUT2D eigenvalue weighted by molar-refractivity contribution is -0.138. The number of fused-ring (bicyclic) bond motifs is 1. The Morgan fingerprint density at radius 2 is 2.22 bits per heavy atom. The summed E-state index contributed by atoms with van der Waals surface area (Å²) < 4.78 is 1.16. The quantitative estimate of drug-likeness (QED) is 0.856. The van der Waals surface area contributed by atoms with Crippen LogP contribution in [0.1, 0.15) is 23.9 Å². The Labute approximate surface area is 142 Å². The lowest BCUT2D eigenvalue weighted by Gasteiger charge is -2.25. The van der Waals surface area contributed by atoms with Crippen molar-refractivity contribution in [1.29, 1.82) is 0 Å². The molecule has 0 N–H and O–H groups in total. The van der Waals surface area contributed by atoms with Crippen molar-refractivity contribution in [1.82, 2.24) is 14.8 Å². The smallest absolute Gasteiger partial charge is 0.242 e. The summed E-state index contributed by atoms with van der Waals surface area (Å²) in [5, 5.41) is 1.01. The fourth-order valence-electron chi connectivity index (χ4n) is 3.15. The maximum absolute atomic E-state index is 12.6. The number of likely N-dealkylation sites (tertiary alicyclic amines) is 1. The third-order valence-corrected chi connectivity index (χ3v) is 6.40. The molecule has 2 aromatic rings. The molecule has 2 fully saturated rings. The first-order valence-corrected chi connectivity index (χ1v) is 9.70. The molecule has 0 saturated carbocycles. The Morgan fingerprint density at radius 1 is 1.35 bits per heavy atom. The minimum absolute atomic E-state index is 0.0441. The van der Waals surface area contributed by atoms with E-state index in [0.29, 0.717) is 11.6 Å². The monoisotopic (exact) mass is 347 g/mol. The van der Waals surface area contributed by atoms with Crippen LogP contribution in [-0.4, -0.2) is 51.3 Å². The predicted octanol–water partition coefficient (Wildman–Crippen LogP) is 2.49. The van der Waals surface area contributed by atoms with E-state index in [4.69, 9.17) is 4.98 Å². The molecule has 2 amide bonds. The molecule has 2 saturated heterocycles. The molecule has 5 nitrogen and oxygen atoms in total. The van der Waals surface area contributed by atoms with Gasteiger partial charge >= 0.3 is 0 Å². The van der Waals surface area contributed by atoms with E-state index in [1.165, 1.54) is 0 Å². The lowest BCUT2D eigenvalue weighted by Crippen LogP contribution is -2.40. The molecule has 0 radical (unpaired) electrons. The van der Waals surface area contributed by atoms with Gasteiger partial charge in [-0.15, -0.1) is 23.1 Å². The van der Waals surface area contributed by atoms with Crippen molar-refractivity contribution in [2.24, 2.45) is 0 Å². The van der Waals surface area contributed by atoms with Gasteiger partial charge in [-0.25, -0.2) is 4.98 Å². The van der Waals surface area contributed by atoms with Gasteiger partial charge in [0.2, 0.25) is 11.8 Å². The van der Waals surface area contributed by atoms with Crippen LogP contribution < -0.4 is 0 Å². The van der Waals surface area contributed by atoms with Gasteiger partial charge in [-0.1, -0.05) is 12.1 Å². The minimum atomic E-state index is 0.0441. The van der Waals surface area contributed by atoms with Crippen LogP contribution in [-0.2, 0) is 9.59 Å². The highest BCUT2D eigenvalue weighted by atomic mass is 32.2. The van der Waals surface area contributed by atoms with Gasteiger partial charge in [-0.2, -0.15) is 0 Å². The van der Waals surface area contributed by atoms with Gasteiger partial charge in [-0.3, -0.25) is 9.59 Å². The zero-order chi connectivity index (χ0) is 15.8. The summed E-state index contributed by atoms with van der Waals surface area (Å²) in [4.78, 5) is 32.6. The van der Waals surface area contributed by atoms with Crippen LogP contribution in [0.25, 0.3) is 10.2 Å². The third kappa shape index (κ3) is 2.83. The number of thiazole rings is 1. The van der Waals surface area contributed by atoms with Crippen LogP contribution >= 0.6 is 23.1 Å². The normalized spacial score (nSPS) is 21.6. The number of hydrogen-bond acceptors (Lipinski definition) is 5. The molecular formula is C16H17N3O2S2. The molecule has 2 aliphatic rings. The molecule has 0 spiro atoms. The van der Waals surface area contributed by atoms with Crippen LogP contribution in [0.5, 0.6) is 0 Å². The Hall–Kier alpha value is -1.60. The first-order valence-electron chi connectivity index (χ1n) is 7.73. The Morgan fingerprint density at radius 3 is 3.00 bits per heavy atom. The van der Waals surface area contributed by atoms with Crippen LogP contribution in [0, 0.1) is 0 Å². The van der Waals surface area contributed by atoms with Crippen LogP contribution in [0.2, 0.25) is 0 Å². The maximum Gasteiger partial charge on any atom is 0.242 e. The highest BCUT2D eigenvalue weighted by molar-refractivity contribution is 8.00. The van der Waals surface area contributed by atoms with Gasteiger partial charge in [0, 0.05) is 6.54 Å². The summed E-state index contributed by atoms with van der Waals surface area (Å²) in [5.41, 5.74) is 0.998. The Kier molecular flexibility index (Phi) is 3.98. The highest BCUT2D eigenvalue weighted by Gasteiger charge is 2.34. The molecule has 120 valence electrons. The lowest BCUT2D eigenvalue weighted by atomic mass is 10.2. The van der Waals surface area contributed by atoms with Gasteiger partial charge in [0.25, 0.3) is 0 Å². The first-order chi connectivity index (χ1) is 11.2. The second-order valence-corrected chi connectivity index (χ2v) is 7.85. The van der Waals surface area contributed by atoms with Gasteiger partial charge in [0.1, 0.15) is 11.6 Å². The SMILES string of the molecule is O=C1CSCN1CC(=O)N1CCCC1c1nc2ccccc2s1. The summed E-state index contributed by atoms with van der Waals surface area (Å²) in [5.74, 6) is 1.24. The fraction of sp³-hybridized carbons (Fsp3) is 0.438. The molecule has 0 bridgehead atoms. The zero-order valence-electron chi connectivity index (χ0n) is 12.6. The number of para-hydroxylation sites is 1. The van der Waals surface area contributed by atoms with Crippen molar-refractivity contribution >= 4 is 45.1 Å². The Bertz CT molecular complexity index is 728. The third-order valence-electron chi connectivity index (χ3n) is 4.32. The number of rotatable bonds is 3. The van der Waals surface area contributed by atoms with Crippen molar-refractivity contribution in [3.05, 3.63) is 29.3 Å². The van der Waals surface area contributed by atoms with E-state index in [2.05, 4.69) is 6.07 Å². The molecular weight excluding hydrogens is 330 g/mol. The van der Waals surface area contributed by atoms with E-state index < -0.39 is 0 Å². The van der Waals surface area contributed by atoms with E-state index in [1.54, 1.807) is 28.0 Å². The topological polar surface area (TPSA) is 53.5 Å². The van der Waals surface area contributed by atoms with Crippen molar-refractivity contribution in [3.8, 4) is 0 Å². The fourth-order valence-corrected chi connectivity index (χ4v) is 5.17. The van der Waals surface area contributed by atoms with Crippen molar-refractivity contribution in [3.63, 3.8) is 0 Å². The number of hydrogen-bond donors (Lipinski definition) is 0. The average Bonchev–Trinajstić information content (AvgIpc) is 3.26. The summed E-state index contributed by atoms with van der Waals surface area (Å²) >= 11 is 3.24. The number of amides is 2. The molecule has 4 rings (SSSR count). The maximum atomic E-state index is 12.6. The molecule has 1 aromatic carbocycles. The standard InChI is InChI=1S/C16H17N3O2S2/c20-14(8-18-10-22-9-15(18)21)19-7-3-5-12(19)16-17-11-4-1-2-6-13(11)23-16/h1-2,4,6,12H,3,5,7-10H2. The van der Waals surface area contributed by atoms with Crippen LogP contribution in [0.4, 0.5) is 0 Å². The number of carbonyl (C=O) groups excluding carboxylic acids is 2. The number of benzene rings is 1. The van der Waals surface area contributed by atoms with E-state index >= 15 is 0 Å². The molecule has 23 heavy (non-hydrogen) atoms. The number of nitrogens with zero attached hydrogens (tertiary/aromatic N) is 3. The van der Waals surface area contributed by atoms with Crippen molar-refractivity contribution in [2.45, 2.75) is 18.9 Å². The molecule has 3 heterocycles. The molecule has 2 aliphatic heterocycles. The van der Waals surface area contributed by atoms with E-state index in [9.17, 15) is 9.59 Å². The minimum Gasteiger partial charge on any atom is -0.332 e. The molecule has 7 heteroatoms. The van der Waals surface area contributed by atoms with Crippen LogP contribution in [0.15, 0.2) is 24.3 Å². The summed E-state index contributed by atoms with van der Waals surface area (Å²) in [6, 6.07) is 8.14. The average molecular weight is 347 g/mol. The van der Waals surface area contributed by atoms with Crippen LogP contribution in [0.3, 0.4) is 0 Å². The first kappa shape index (κ1) is 15.0. The molecule has 1 atom stereocenters. The van der Waals surface area contributed by atoms with E-state index in [1.807, 2.05) is 23.1 Å². The molecule has 1 aromatic heterocycles. The van der Waals surface area contributed by atoms with E-state index in [-0.39, 0.29) is 24.4 Å². The van der Waals surface area contributed by atoms with Crippen molar-refractivity contribution in [2.75, 3.05) is 24.7 Å². The number of carbonyl (C=O) groups is 2. The zero-order valence-corrected chi connectivity index (χ0v) is 14.2. The van der Waals surface area contributed by atoms with Gasteiger partial charge in [0.15, 0.2) is 0 Å². The number of aromatic nitrogens is 1. The van der Waals surface area contributed by atoms with E-state index in [0.717, 1.165) is 34.6 Å². The summed E-state index contributed by atoms with van der Waals surface area (Å²) in [6.07, 6.45) is 1.95. The largest absolute Gasteiger partial charge is 0.332 e. The second-order valence-electron chi connectivity index (χ2n) is 5.83. The molecule has 1 unspecified atom stereocenters. The number of thioether (sulfide) groups is 1.